The van der Waals surface area contributed by atoms with Crippen molar-refractivity contribution in [2.45, 2.75) is 124 Å². The Bertz CT molecular complexity index is 339. The van der Waals surface area contributed by atoms with E-state index in [0.29, 0.717) is 6.61 Å². The van der Waals surface area contributed by atoms with E-state index >= 15 is 0 Å². The van der Waals surface area contributed by atoms with E-state index in [1.54, 1.807) is 14.2 Å². The van der Waals surface area contributed by atoms with Gasteiger partial charge in [0.05, 0.1) is 29.0 Å². The largest absolute Gasteiger partial charge is 0.412 e. The lowest BCUT2D eigenvalue weighted by atomic mass is 10.0. The van der Waals surface area contributed by atoms with Crippen LogP contribution in [0.1, 0.15) is 102 Å². The fourth-order valence-electron chi connectivity index (χ4n) is 3.19. The molecule has 2 rings (SSSR count). The van der Waals surface area contributed by atoms with Gasteiger partial charge in [0.2, 0.25) is 0 Å². The minimum Gasteiger partial charge on any atom is -0.412 e. The molecule has 2 fully saturated rings. The molecule has 2 saturated heterocycles. The lowest BCUT2D eigenvalue weighted by Crippen LogP contribution is -2.33. The van der Waals surface area contributed by atoms with Gasteiger partial charge in [-0.2, -0.15) is 0 Å². The van der Waals surface area contributed by atoms with Crippen LogP contribution in [0.3, 0.4) is 0 Å². The zero-order valence-corrected chi connectivity index (χ0v) is 24.8. The van der Waals surface area contributed by atoms with Gasteiger partial charge in [0.25, 0.3) is 0 Å². The highest BCUT2D eigenvalue weighted by Crippen LogP contribution is 2.37. The zero-order chi connectivity index (χ0) is 24.4. The molecule has 0 bridgehead atoms. The van der Waals surface area contributed by atoms with Crippen molar-refractivity contribution in [2.75, 3.05) is 27.9 Å². The molecule has 0 spiro atoms. The summed E-state index contributed by atoms with van der Waals surface area (Å²) < 4.78 is 20.9. The lowest BCUT2D eigenvalue weighted by Gasteiger charge is -2.27. The summed E-state index contributed by atoms with van der Waals surface area (Å²) in [6, 6.07) is 0. The van der Waals surface area contributed by atoms with Crippen LogP contribution < -0.4 is 0 Å². The van der Waals surface area contributed by atoms with Gasteiger partial charge >= 0.3 is 0 Å². The fourth-order valence-corrected chi connectivity index (χ4v) is 3.19. The van der Waals surface area contributed by atoms with Gasteiger partial charge in [-0.25, -0.2) is 0 Å². The standard InChI is InChI=1S/C9H18O2.C8H16O.2C2H6.CH5OP.CH4O.3H2O/c1-8(2)5-6-9(3,11-8)7-10-4;1-7(2)5-6-8(3,4)9-7;2*1-2;1-2-3;1-2;;;/h5-7H2,1-4H3;5-6H2,1-4H3;2*1-2H3;3H2,1H3;2H,1H3;3*1H2. The van der Waals surface area contributed by atoms with Crippen LogP contribution in [0.25, 0.3) is 0 Å². The van der Waals surface area contributed by atoms with E-state index in [1.807, 2.05) is 27.7 Å². The van der Waals surface area contributed by atoms with Crippen molar-refractivity contribution in [3.05, 3.63) is 0 Å². The Morgan fingerprint density at radius 2 is 0.906 bits per heavy atom. The first-order valence-corrected chi connectivity index (χ1v) is 11.3. The van der Waals surface area contributed by atoms with Crippen molar-refractivity contribution in [1.29, 1.82) is 0 Å². The number of hydrogen-bond donors (Lipinski definition) is 1. The van der Waals surface area contributed by atoms with Gasteiger partial charge in [0.15, 0.2) is 0 Å². The summed E-state index contributed by atoms with van der Waals surface area (Å²) >= 11 is 0. The first kappa shape index (κ1) is 49.3. The van der Waals surface area contributed by atoms with Crippen LogP contribution in [0.15, 0.2) is 0 Å². The molecule has 0 radical (unpaired) electrons. The summed E-state index contributed by atoms with van der Waals surface area (Å²) in [6.45, 7) is 23.7. The van der Waals surface area contributed by atoms with Crippen LogP contribution >= 0.6 is 9.47 Å². The zero-order valence-electron chi connectivity index (χ0n) is 23.7. The Morgan fingerprint density at radius 3 is 1.06 bits per heavy atom. The summed E-state index contributed by atoms with van der Waals surface area (Å²) in [5.74, 6) is 0. The number of methoxy groups -OCH3 is 1. The molecule has 2 aliphatic heterocycles. The lowest BCUT2D eigenvalue weighted by molar-refractivity contribution is -0.105. The van der Waals surface area contributed by atoms with Crippen molar-refractivity contribution < 1.29 is 40.3 Å². The highest BCUT2D eigenvalue weighted by Gasteiger charge is 2.40. The van der Waals surface area contributed by atoms with Crippen LogP contribution in [0.5, 0.6) is 0 Å². The predicted octanol–water partition coefficient (Wildman–Crippen LogP) is 3.94. The summed E-state index contributed by atoms with van der Waals surface area (Å²) in [7, 11) is 6.39. The Labute approximate surface area is 202 Å². The average molecular weight is 497 g/mol. The molecule has 0 aromatic carbocycles. The number of hydrogen-bond acceptors (Lipinski definition) is 5. The third-order valence-corrected chi connectivity index (χ3v) is 4.11. The molecule has 32 heavy (non-hydrogen) atoms. The summed E-state index contributed by atoms with van der Waals surface area (Å²) in [5, 5.41) is 7.00. The number of aliphatic hydroxyl groups is 1. The molecular weight excluding hydrogens is 435 g/mol. The molecule has 0 aromatic heterocycles. The topological polar surface area (TPSA) is 152 Å². The fraction of sp³-hybridized carbons (Fsp3) is 1.00. The Morgan fingerprint density at radius 1 is 0.656 bits per heavy atom. The predicted molar refractivity (Wildman–Crippen MR) is 142 cm³/mol. The quantitative estimate of drug-likeness (QED) is 0.574. The molecule has 2 unspecified atom stereocenters. The van der Waals surface area contributed by atoms with Gasteiger partial charge in [0.1, 0.15) is 0 Å². The molecule has 0 aliphatic carbocycles. The number of rotatable bonds is 2. The Kier molecular flexibility index (Phi) is 39.6. The molecule has 7 N–H and O–H groups in total. The molecule has 2 aliphatic rings. The van der Waals surface area contributed by atoms with Crippen molar-refractivity contribution in [2.24, 2.45) is 0 Å². The van der Waals surface area contributed by atoms with Crippen LogP contribution in [0.4, 0.5) is 0 Å². The van der Waals surface area contributed by atoms with Gasteiger partial charge in [-0.15, -0.1) is 0 Å². The molecular formula is C23H61O8P. The molecule has 2 atom stereocenters. The second-order valence-corrected chi connectivity index (χ2v) is 9.07. The average Bonchev–Trinajstić information content (AvgIpc) is 3.07. The number of aliphatic hydroxyl groups excluding tert-OH is 1. The second kappa shape index (κ2) is 25.7. The van der Waals surface area contributed by atoms with Crippen LogP contribution in [-0.2, 0) is 18.7 Å². The SMILES string of the molecule is CC.CC.CC1(C)CCC(C)(C)O1.CO.COCC1(C)CCC(C)(C)O1.COP.O.O.O. The van der Waals surface area contributed by atoms with Crippen molar-refractivity contribution in [3.8, 4) is 0 Å². The van der Waals surface area contributed by atoms with E-state index in [9.17, 15) is 0 Å². The minimum absolute atomic E-state index is 0. The Hall–Kier alpha value is 0.110. The third-order valence-electron chi connectivity index (χ3n) is 4.11. The highest BCUT2D eigenvalue weighted by atomic mass is 31.0. The second-order valence-electron chi connectivity index (χ2n) is 8.60. The van der Waals surface area contributed by atoms with Gasteiger partial charge in [0, 0.05) is 21.3 Å². The van der Waals surface area contributed by atoms with E-state index in [2.05, 4.69) is 62.5 Å². The first-order valence-electron chi connectivity index (χ1n) is 10.9. The van der Waals surface area contributed by atoms with E-state index in [4.69, 9.17) is 19.3 Å². The van der Waals surface area contributed by atoms with Crippen molar-refractivity contribution >= 4 is 9.47 Å². The molecule has 206 valence electrons. The summed E-state index contributed by atoms with van der Waals surface area (Å²) in [4.78, 5) is 0. The minimum atomic E-state index is -0.0434. The van der Waals surface area contributed by atoms with E-state index in [-0.39, 0.29) is 38.8 Å². The molecule has 9 heteroatoms. The van der Waals surface area contributed by atoms with Gasteiger partial charge in [-0.1, -0.05) is 27.7 Å². The molecule has 0 saturated carbocycles. The highest BCUT2D eigenvalue weighted by molar-refractivity contribution is 7.09. The third kappa shape index (κ3) is 28.1. The van der Waals surface area contributed by atoms with Crippen molar-refractivity contribution in [1.82, 2.24) is 0 Å². The Balaban J connectivity index is -0.0000000542. The van der Waals surface area contributed by atoms with E-state index < -0.39 is 0 Å². The van der Waals surface area contributed by atoms with Gasteiger partial charge in [-0.3, -0.25) is 0 Å². The van der Waals surface area contributed by atoms with Gasteiger partial charge < -0.3 is 40.3 Å². The normalized spacial score (nSPS) is 22.1. The number of ether oxygens (including phenoxy) is 3. The van der Waals surface area contributed by atoms with Crippen LogP contribution in [0, 0.1) is 0 Å². The van der Waals surface area contributed by atoms with E-state index in [0.717, 1.165) is 20.0 Å². The first-order chi connectivity index (χ1) is 13.3. The molecule has 8 nitrogen and oxygen atoms in total. The summed E-state index contributed by atoms with van der Waals surface area (Å²) in [5.41, 5.74) is 0.262. The van der Waals surface area contributed by atoms with E-state index in [1.165, 1.54) is 12.8 Å². The van der Waals surface area contributed by atoms with Crippen molar-refractivity contribution in [3.63, 3.8) is 0 Å². The molecule has 2 heterocycles. The van der Waals surface area contributed by atoms with Crippen LogP contribution in [0.2, 0.25) is 0 Å². The maximum absolute atomic E-state index is 7.00. The maximum atomic E-state index is 7.00. The maximum Gasteiger partial charge on any atom is 0.0895 e. The molecule has 0 amide bonds. The monoisotopic (exact) mass is 496 g/mol. The van der Waals surface area contributed by atoms with Gasteiger partial charge in [-0.05, 0) is 83.6 Å². The molecule has 0 aromatic rings. The van der Waals surface area contributed by atoms with Crippen LogP contribution in [-0.4, -0.2) is 71.9 Å². The summed E-state index contributed by atoms with van der Waals surface area (Å²) in [6.07, 6.45) is 4.63. The smallest absolute Gasteiger partial charge is 0.0895 e.